The quantitative estimate of drug-likeness (QED) is 0.833. The Morgan fingerprint density at radius 2 is 2.10 bits per heavy atom. The van der Waals surface area contributed by atoms with Gasteiger partial charge in [-0.25, -0.2) is 23.1 Å². The molecule has 2 aromatic rings. The molecule has 1 unspecified atom stereocenters. The number of piperidine rings is 1. The Hall–Kier alpha value is -2.00. The van der Waals surface area contributed by atoms with Crippen LogP contribution in [0.3, 0.4) is 0 Å². The van der Waals surface area contributed by atoms with Crippen LogP contribution in [0.4, 0.5) is 5.95 Å². The molecule has 8 nitrogen and oxygen atoms in total. The van der Waals surface area contributed by atoms with Gasteiger partial charge >= 0.3 is 0 Å². The van der Waals surface area contributed by atoms with Gasteiger partial charge in [-0.3, -0.25) is 5.10 Å². The minimum atomic E-state index is -3.56. The van der Waals surface area contributed by atoms with E-state index in [1.54, 1.807) is 18.5 Å². The van der Waals surface area contributed by atoms with Crippen molar-refractivity contribution in [1.82, 2.24) is 24.9 Å². The predicted octanol–water partition coefficient (Wildman–Crippen LogP) is 0.147. The van der Waals surface area contributed by atoms with Crippen molar-refractivity contribution in [3.8, 4) is 0 Å². The van der Waals surface area contributed by atoms with E-state index in [0.29, 0.717) is 12.5 Å². The number of nitrogens with one attached hydrogen (secondary N) is 2. The van der Waals surface area contributed by atoms with Crippen LogP contribution in [0.25, 0.3) is 0 Å². The van der Waals surface area contributed by atoms with Crippen LogP contribution in [-0.4, -0.2) is 47.7 Å². The Labute approximate surface area is 122 Å². The first-order valence-electron chi connectivity index (χ1n) is 6.69. The molecule has 2 aromatic heterocycles. The highest BCUT2D eigenvalue weighted by molar-refractivity contribution is 7.89. The van der Waals surface area contributed by atoms with E-state index in [9.17, 15) is 8.42 Å². The first kappa shape index (κ1) is 14.0. The van der Waals surface area contributed by atoms with Crippen molar-refractivity contribution < 1.29 is 8.42 Å². The minimum Gasteiger partial charge on any atom is -0.339 e. The molecule has 1 atom stereocenters. The third-order valence-corrected chi connectivity index (χ3v) is 4.79. The third-order valence-electron chi connectivity index (χ3n) is 3.34. The summed E-state index contributed by atoms with van der Waals surface area (Å²) in [5.41, 5.74) is 0. The van der Waals surface area contributed by atoms with Gasteiger partial charge in [-0.15, -0.1) is 0 Å². The standard InChI is InChI=1S/C12H16N6O2S/c19-21(20,11-4-7-15-16-11)17-10-3-1-8-18(9-10)12-13-5-2-6-14-12/h2,4-7,10,17H,1,3,8-9H2,(H,15,16). The summed E-state index contributed by atoms with van der Waals surface area (Å²) < 4.78 is 27.0. The van der Waals surface area contributed by atoms with E-state index in [-0.39, 0.29) is 11.1 Å². The molecule has 1 aliphatic heterocycles. The molecule has 2 N–H and O–H groups in total. The molecule has 0 saturated carbocycles. The smallest absolute Gasteiger partial charge is 0.257 e. The van der Waals surface area contributed by atoms with Gasteiger partial charge in [-0.2, -0.15) is 5.10 Å². The van der Waals surface area contributed by atoms with Crippen molar-refractivity contribution in [2.75, 3.05) is 18.0 Å². The second-order valence-electron chi connectivity index (χ2n) is 4.88. The summed E-state index contributed by atoms with van der Waals surface area (Å²) in [5, 5.41) is 6.22. The summed E-state index contributed by atoms with van der Waals surface area (Å²) in [6.45, 7) is 1.38. The average Bonchev–Trinajstić information content (AvgIpc) is 3.03. The van der Waals surface area contributed by atoms with Crippen molar-refractivity contribution in [3.05, 3.63) is 30.7 Å². The summed E-state index contributed by atoms with van der Waals surface area (Å²) in [6, 6.07) is 3.02. The average molecular weight is 308 g/mol. The molecule has 21 heavy (non-hydrogen) atoms. The predicted molar refractivity (Wildman–Crippen MR) is 76.2 cm³/mol. The fraction of sp³-hybridized carbons (Fsp3) is 0.417. The number of hydrogen-bond acceptors (Lipinski definition) is 6. The molecular weight excluding hydrogens is 292 g/mol. The van der Waals surface area contributed by atoms with Crippen LogP contribution in [0, 0.1) is 0 Å². The number of aromatic nitrogens is 4. The Kier molecular flexibility index (Phi) is 3.84. The van der Waals surface area contributed by atoms with Crippen LogP contribution in [0.1, 0.15) is 12.8 Å². The van der Waals surface area contributed by atoms with Gasteiger partial charge in [0.05, 0.1) is 6.20 Å². The van der Waals surface area contributed by atoms with E-state index in [1.807, 2.05) is 4.90 Å². The van der Waals surface area contributed by atoms with Crippen LogP contribution < -0.4 is 9.62 Å². The van der Waals surface area contributed by atoms with Crippen molar-refractivity contribution in [1.29, 1.82) is 0 Å². The lowest BCUT2D eigenvalue weighted by Crippen LogP contribution is -2.48. The van der Waals surface area contributed by atoms with Gasteiger partial charge in [0.2, 0.25) is 5.95 Å². The van der Waals surface area contributed by atoms with Gasteiger partial charge in [0, 0.05) is 31.5 Å². The molecule has 0 amide bonds. The Morgan fingerprint density at radius 3 is 2.81 bits per heavy atom. The number of rotatable bonds is 4. The van der Waals surface area contributed by atoms with E-state index in [4.69, 9.17) is 0 Å². The highest BCUT2D eigenvalue weighted by Crippen LogP contribution is 2.16. The summed E-state index contributed by atoms with van der Waals surface area (Å²) in [5.74, 6) is 0.628. The largest absolute Gasteiger partial charge is 0.339 e. The lowest BCUT2D eigenvalue weighted by molar-refractivity contribution is 0.460. The molecule has 0 bridgehead atoms. The van der Waals surface area contributed by atoms with Gasteiger partial charge in [0.1, 0.15) is 0 Å². The first-order valence-corrected chi connectivity index (χ1v) is 8.17. The van der Waals surface area contributed by atoms with E-state index in [2.05, 4.69) is 24.9 Å². The lowest BCUT2D eigenvalue weighted by Gasteiger charge is -2.32. The first-order chi connectivity index (χ1) is 10.1. The molecule has 1 aliphatic rings. The monoisotopic (exact) mass is 308 g/mol. The SMILES string of the molecule is O=S(=O)(NC1CCCN(c2ncccn2)C1)c1ccn[nH]1. The van der Waals surface area contributed by atoms with Gasteiger partial charge in [0.25, 0.3) is 10.0 Å². The van der Waals surface area contributed by atoms with Gasteiger partial charge in [0.15, 0.2) is 5.03 Å². The van der Waals surface area contributed by atoms with Gasteiger partial charge in [-0.05, 0) is 25.0 Å². The van der Waals surface area contributed by atoms with Crippen LogP contribution >= 0.6 is 0 Å². The third kappa shape index (κ3) is 3.19. The van der Waals surface area contributed by atoms with E-state index < -0.39 is 10.0 Å². The topological polar surface area (TPSA) is 104 Å². The van der Waals surface area contributed by atoms with Crippen molar-refractivity contribution in [3.63, 3.8) is 0 Å². The second kappa shape index (κ2) is 5.78. The maximum Gasteiger partial charge on any atom is 0.257 e. The Balaban J connectivity index is 1.70. The van der Waals surface area contributed by atoms with Gasteiger partial charge in [-0.1, -0.05) is 0 Å². The van der Waals surface area contributed by atoms with Crippen LogP contribution in [0.2, 0.25) is 0 Å². The fourth-order valence-electron chi connectivity index (χ4n) is 2.39. The zero-order valence-corrected chi connectivity index (χ0v) is 12.1. The maximum atomic E-state index is 12.2. The maximum absolute atomic E-state index is 12.2. The van der Waals surface area contributed by atoms with Crippen molar-refractivity contribution >= 4 is 16.0 Å². The van der Waals surface area contributed by atoms with Gasteiger partial charge < -0.3 is 4.90 Å². The normalized spacial score (nSPS) is 19.6. The molecule has 112 valence electrons. The van der Waals surface area contributed by atoms with E-state index in [0.717, 1.165) is 19.4 Å². The number of anilines is 1. The summed E-state index contributed by atoms with van der Waals surface area (Å²) >= 11 is 0. The molecule has 3 rings (SSSR count). The molecule has 1 saturated heterocycles. The minimum absolute atomic E-state index is 0.0792. The Morgan fingerprint density at radius 1 is 1.29 bits per heavy atom. The van der Waals surface area contributed by atoms with Crippen LogP contribution in [0.5, 0.6) is 0 Å². The van der Waals surface area contributed by atoms with Crippen LogP contribution in [-0.2, 0) is 10.0 Å². The molecule has 0 aromatic carbocycles. The summed E-state index contributed by atoms with van der Waals surface area (Å²) in [7, 11) is -3.56. The summed E-state index contributed by atoms with van der Waals surface area (Å²) in [4.78, 5) is 10.4. The van der Waals surface area contributed by atoms with E-state index >= 15 is 0 Å². The number of aromatic amines is 1. The highest BCUT2D eigenvalue weighted by Gasteiger charge is 2.26. The van der Waals surface area contributed by atoms with Crippen LogP contribution in [0.15, 0.2) is 35.7 Å². The molecule has 0 radical (unpaired) electrons. The highest BCUT2D eigenvalue weighted by atomic mass is 32.2. The second-order valence-corrected chi connectivity index (χ2v) is 6.56. The van der Waals surface area contributed by atoms with Crippen molar-refractivity contribution in [2.24, 2.45) is 0 Å². The number of H-pyrrole nitrogens is 1. The molecule has 0 spiro atoms. The zero-order chi connectivity index (χ0) is 14.7. The number of nitrogens with zero attached hydrogens (tertiary/aromatic N) is 4. The molecule has 1 fully saturated rings. The molecule has 0 aliphatic carbocycles. The summed E-state index contributed by atoms with van der Waals surface area (Å²) in [6.07, 6.45) is 6.45. The zero-order valence-electron chi connectivity index (χ0n) is 11.3. The number of hydrogen-bond donors (Lipinski definition) is 2. The van der Waals surface area contributed by atoms with Crippen molar-refractivity contribution in [2.45, 2.75) is 23.9 Å². The molecular formula is C12H16N6O2S. The fourth-order valence-corrected chi connectivity index (χ4v) is 3.56. The number of sulfonamides is 1. The van der Waals surface area contributed by atoms with E-state index in [1.165, 1.54) is 12.3 Å². The molecule has 9 heteroatoms. The lowest BCUT2D eigenvalue weighted by atomic mass is 10.1. The Bertz CT molecular complexity index is 673. The molecule has 3 heterocycles.